The molecule has 2 aromatic rings. The predicted octanol–water partition coefficient (Wildman–Crippen LogP) is 2.89. The summed E-state index contributed by atoms with van der Waals surface area (Å²) in [7, 11) is -2.00. The monoisotopic (exact) mass is 484 g/mol. The largest absolute Gasteiger partial charge is 0.497 e. The fourth-order valence-electron chi connectivity index (χ4n) is 4.39. The van der Waals surface area contributed by atoms with E-state index in [9.17, 15) is 13.2 Å². The van der Waals surface area contributed by atoms with E-state index in [0.717, 1.165) is 37.4 Å². The number of amidine groups is 1. The summed E-state index contributed by atoms with van der Waals surface area (Å²) in [5, 5.41) is 0. The third kappa shape index (κ3) is 4.89. The SMILES string of the molecule is CC[C@H](C)[C@H](N=C1NS(=O)(=O)c2ccccc21)C(=O)N1CCCN(c2ccc(OC)cc2)CC1. The molecule has 0 aromatic heterocycles. The van der Waals surface area contributed by atoms with Crippen LogP contribution in [0.4, 0.5) is 5.69 Å². The maximum atomic E-state index is 13.6. The van der Waals surface area contributed by atoms with E-state index in [4.69, 9.17) is 9.73 Å². The first-order valence-electron chi connectivity index (χ1n) is 11.7. The summed E-state index contributed by atoms with van der Waals surface area (Å²) in [5.41, 5.74) is 1.62. The van der Waals surface area contributed by atoms with E-state index in [1.165, 1.54) is 0 Å². The second-order valence-corrected chi connectivity index (χ2v) is 10.4. The minimum atomic E-state index is -3.65. The van der Waals surface area contributed by atoms with Crippen LogP contribution in [0.2, 0.25) is 0 Å². The first-order valence-corrected chi connectivity index (χ1v) is 13.2. The molecule has 2 aromatic carbocycles. The molecule has 0 aliphatic carbocycles. The summed E-state index contributed by atoms with van der Waals surface area (Å²) in [6.07, 6.45) is 1.60. The predicted molar refractivity (Wildman–Crippen MR) is 133 cm³/mol. The minimum Gasteiger partial charge on any atom is -0.497 e. The number of aliphatic imine (C=N–C) groups is 1. The Balaban J connectivity index is 1.54. The van der Waals surface area contributed by atoms with Crippen molar-refractivity contribution in [2.45, 2.75) is 37.6 Å². The second-order valence-electron chi connectivity index (χ2n) is 8.77. The van der Waals surface area contributed by atoms with Crippen molar-refractivity contribution >= 4 is 27.5 Å². The first kappa shape index (κ1) is 24.1. The molecule has 0 unspecified atom stereocenters. The Hall–Kier alpha value is -3.07. The average molecular weight is 485 g/mol. The van der Waals surface area contributed by atoms with Crippen molar-refractivity contribution < 1.29 is 17.9 Å². The Kier molecular flexibility index (Phi) is 7.11. The van der Waals surface area contributed by atoms with Crippen LogP contribution in [0.25, 0.3) is 0 Å². The molecule has 0 radical (unpaired) electrons. The van der Waals surface area contributed by atoms with Crippen LogP contribution in [0.3, 0.4) is 0 Å². The third-order valence-corrected chi connectivity index (χ3v) is 8.01. The molecule has 34 heavy (non-hydrogen) atoms. The molecule has 182 valence electrons. The van der Waals surface area contributed by atoms with Crippen molar-refractivity contribution in [3.8, 4) is 5.75 Å². The topological polar surface area (TPSA) is 91.3 Å². The van der Waals surface area contributed by atoms with Gasteiger partial charge in [0, 0.05) is 37.4 Å². The van der Waals surface area contributed by atoms with Crippen LogP contribution >= 0.6 is 0 Å². The highest BCUT2D eigenvalue weighted by Crippen LogP contribution is 2.25. The van der Waals surface area contributed by atoms with E-state index >= 15 is 0 Å². The summed E-state index contributed by atoms with van der Waals surface area (Å²) in [4.78, 5) is 22.7. The molecular weight excluding hydrogens is 452 g/mol. The zero-order chi connectivity index (χ0) is 24.3. The quantitative estimate of drug-likeness (QED) is 0.681. The van der Waals surface area contributed by atoms with Crippen LogP contribution in [-0.2, 0) is 14.8 Å². The number of ether oxygens (including phenoxy) is 1. The normalized spacial score (nSPS) is 20.3. The number of sulfonamides is 1. The standard InChI is InChI=1S/C25H32N4O4S/c1-4-18(2)23(26-24-21-8-5-6-9-22(21)34(31,32)27-24)25(30)29-15-7-14-28(16-17-29)19-10-12-20(33-3)13-11-19/h5-6,8-13,18,23H,4,7,14-17H2,1-3H3,(H,26,27)/t18-,23-/m0/s1. The summed E-state index contributed by atoms with van der Waals surface area (Å²) < 4.78 is 32.8. The van der Waals surface area contributed by atoms with Crippen LogP contribution in [0.5, 0.6) is 5.75 Å². The summed E-state index contributed by atoms with van der Waals surface area (Å²) >= 11 is 0. The molecule has 8 nitrogen and oxygen atoms in total. The first-order chi connectivity index (χ1) is 16.3. The van der Waals surface area contributed by atoms with Gasteiger partial charge in [0.2, 0.25) is 5.91 Å². The van der Waals surface area contributed by atoms with Crippen molar-refractivity contribution in [1.29, 1.82) is 0 Å². The number of methoxy groups -OCH3 is 1. The van der Waals surface area contributed by atoms with E-state index in [-0.39, 0.29) is 22.6 Å². The van der Waals surface area contributed by atoms with Gasteiger partial charge < -0.3 is 14.5 Å². The molecule has 2 heterocycles. The fourth-order valence-corrected chi connectivity index (χ4v) is 5.63. The average Bonchev–Trinajstić information content (AvgIpc) is 3.00. The summed E-state index contributed by atoms with van der Waals surface area (Å²) in [6.45, 7) is 6.81. The smallest absolute Gasteiger partial charge is 0.263 e. The van der Waals surface area contributed by atoms with E-state index < -0.39 is 16.1 Å². The maximum absolute atomic E-state index is 13.6. The Morgan fingerprint density at radius 1 is 1.09 bits per heavy atom. The third-order valence-electron chi connectivity index (χ3n) is 6.61. The zero-order valence-electron chi connectivity index (χ0n) is 19.9. The van der Waals surface area contributed by atoms with Gasteiger partial charge in [-0.05, 0) is 48.7 Å². The molecular formula is C25H32N4O4S. The van der Waals surface area contributed by atoms with Crippen molar-refractivity contribution in [2.75, 3.05) is 38.2 Å². The van der Waals surface area contributed by atoms with Gasteiger partial charge in [0.15, 0.2) is 0 Å². The van der Waals surface area contributed by atoms with Gasteiger partial charge in [0.25, 0.3) is 10.0 Å². The molecule has 9 heteroatoms. The molecule has 1 N–H and O–H groups in total. The molecule has 0 saturated carbocycles. The van der Waals surface area contributed by atoms with Crippen molar-refractivity contribution in [2.24, 2.45) is 10.9 Å². The van der Waals surface area contributed by atoms with Crippen LogP contribution < -0.4 is 14.4 Å². The van der Waals surface area contributed by atoms with E-state index in [1.54, 1.807) is 31.4 Å². The van der Waals surface area contributed by atoms with E-state index in [2.05, 4.69) is 9.62 Å². The molecule has 1 amide bonds. The number of nitrogens with zero attached hydrogens (tertiary/aromatic N) is 3. The lowest BCUT2D eigenvalue weighted by Gasteiger charge is -2.28. The summed E-state index contributed by atoms with van der Waals surface area (Å²) in [5.74, 6) is 0.985. The van der Waals surface area contributed by atoms with Crippen LogP contribution in [0, 0.1) is 5.92 Å². The lowest BCUT2D eigenvalue weighted by molar-refractivity contribution is -0.133. The molecule has 2 aliphatic heterocycles. The number of carbonyl (C=O) groups excluding carboxylic acids is 1. The molecule has 2 atom stereocenters. The second kappa shape index (κ2) is 10.0. The van der Waals surface area contributed by atoms with E-state index in [0.29, 0.717) is 18.7 Å². The van der Waals surface area contributed by atoms with Crippen LogP contribution in [0.15, 0.2) is 58.4 Å². The Morgan fingerprint density at radius 3 is 2.53 bits per heavy atom. The van der Waals surface area contributed by atoms with Crippen molar-refractivity contribution in [3.63, 3.8) is 0 Å². The highest BCUT2D eigenvalue weighted by molar-refractivity contribution is 7.90. The molecule has 1 fully saturated rings. The zero-order valence-corrected chi connectivity index (χ0v) is 20.7. The maximum Gasteiger partial charge on any atom is 0.263 e. The molecule has 1 saturated heterocycles. The summed E-state index contributed by atoms with van der Waals surface area (Å²) in [6, 6.07) is 14.1. The number of anilines is 1. The Labute approximate surface area is 201 Å². The van der Waals surface area contributed by atoms with Gasteiger partial charge in [-0.3, -0.25) is 14.5 Å². The van der Waals surface area contributed by atoms with Gasteiger partial charge in [-0.15, -0.1) is 0 Å². The number of carbonyl (C=O) groups is 1. The van der Waals surface area contributed by atoms with Crippen molar-refractivity contribution in [1.82, 2.24) is 9.62 Å². The van der Waals surface area contributed by atoms with Gasteiger partial charge in [-0.2, -0.15) is 0 Å². The van der Waals surface area contributed by atoms with Crippen LogP contribution in [-0.4, -0.2) is 64.4 Å². The number of rotatable bonds is 6. The molecule has 4 rings (SSSR count). The minimum absolute atomic E-state index is 0.0294. The number of benzene rings is 2. The number of hydrogen-bond donors (Lipinski definition) is 1. The van der Waals surface area contributed by atoms with Gasteiger partial charge in [-0.1, -0.05) is 32.4 Å². The highest BCUT2D eigenvalue weighted by atomic mass is 32.2. The number of nitrogens with one attached hydrogen (secondary N) is 1. The van der Waals surface area contributed by atoms with Gasteiger partial charge in [-0.25, -0.2) is 8.42 Å². The fraction of sp³-hybridized carbons (Fsp3) is 0.440. The molecule has 2 aliphatic rings. The Morgan fingerprint density at radius 2 is 1.82 bits per heavy atom. The lowest BCUT2D eigenvalue weighted by atomic mass is 9.98. The Bertz CT molecular complexity index is 1160. The van der Waals surface area contributed by atoms with Crippen molar-refractivity contribution in [3.05, 3.63) is 54.1 Å². The van der Waals surface area contributed by atoms with Gasteiger partial charge in [0.05, 0.1) is 12.0 Å². The molecule has 0 spiro atoms. The number of hydrogen-bond acceptors (Lipinski definition) is 6. The van der Waals surface area contributed by atoms with Gasteiger partial charge >= 0.3 is 0 Å². The lowest BCUT2D eigenvalue weighted by Crippen LogP contribution is -2.44. The number of amides is 1. The highest BCUT2D eigenvalue weighted by Gasteiger charge is 2.34. The van der Waals surface area contributed by atoms with Crippen LogP contribution in [0.1, 0.15) is 32.3 Å². The number of fused-ring (bicyclic) bond motifs is 1. The molecule has 0 bridgehead atoms. The van der Waals surface area contributed by atoms with E-state index in [1.807, 2.05) is 43.0 Å². The van der Waals surface area contributed by atoms with Gasteiger partial charge in [0.1, 0.15) is 17.6 Å².